The molecule has 0 saturated carbocycles. The number of esters is 1. The van der Waals surface area contributed by atoms with Gasteiger partial charge in [0.25, 0.3) is 0 Å². The average molecular weight is 374 g/mol. The topological polar surface area (TPSA) is 94.2 Å². The highest BCUT2D eigenvalue weighted by Crippen LogP contribution is 2.54. The van der Waals surface area contributed by atoms with Crippen molar-refractivity contribution in [3.8, 4) is 0 Å². The minimum atomic E-state index is -2.79. The molecule has 0 aromatic heterocycles. The van der Waals surface area contributed by atoms with Gasteiger partial charge in [-0.15, -0.1) is 12.4 Å². The van der Waals surface area contributed by atoms with Crippen molar-refractivity contribution < 1.29 is 18.7 Å². The van der Waals surface area contributed by atoms with Crippen LogP contribution in [-0.4, -0.2) is 53.3 Å². The molecule has 1 aliphatic rings. The number of carbonyl (C=O) groups excluding carboxylic acids is 1. The molecule has 1 aliphatic heterocycles. The van der Waals surface area contributed by atoms with Gasteiger partial charge in [-0.3, -0.25) is 14.0 Å². The number of halogens is 1. The highest BCUT2D eigenvalue weighted by atomic mass is 35.5. The van der Waals surface area contributed by atoms with E-state index in [-0.39, 0.29) is 18.4 Å². The lowest BCUT2D eigenvalue weighted by atomic mass is 10.2. The Labute approximate surface area is 142 Å². The van der Waals surface area contributed by atoms with Crippen LogP contribution in [-0.2, 0) is 18.7 Å². The second-order valence-electron chi connectivity index (χ2n) is 4.56. The lowest BCUT2D eigenvalue weighted by Crippen LogP contribution is -2.33. The fraction of sp³-hybridized carbons (Fsp3) is 0.833. The number of oxime groups is 1. The fourth-order valence-electron chi connectivity index (χ4n) is 1.81. The van der Waals surface area contributed by atoms with Crippen LogP contribution in [0.4, 0.5) is 0 Å². The third kappa shape index (κ3) is 5.99. The molecule has 0 aromatic carbocycles. The average Bonchev–Trinajstić information content (AvgIpc) is 2.75. The maximum absolute atomic E-state index is 12.4. The van der Waals surface area contributed by atoms with Gasteiger partial charge in [-0.05, 0) is 26.0 Å². The van der Waals surface area contributed by atoms with E-state index >= 15 is 0 Å². The Hall–Kier alpha value is -0.430. The van der Waals surface area contributed by atoms with E-state index in [2.05, 4.69) is 5.16 Å². The number of nitrogens with two attached hydrogens (primary N) is 1. The van der Waals surface area contributed by atoms with Crippen LogP contribution in [0.5, 0.6) is 0 Å². The normalized spacial score (nSPS) is 21.6. The third-order valence-corrected chi connectivity index (χ3v) is 6.41. The molecule has 0 aliphatic carbocycles. The first-order valence-electron chi connectivity index (χ1n) is 7.05. The summed E-state index contributed by atoms with van der Waals surface area (Å²) in [6, 6.07) is -0.572. The molecule has 0 saturated heterocycles. The monoisotopic (exact) mass is 373 g/mol. The van der Waals surface area contributed by atoms with Crippen LogP contribution < -0.4 is 5.73 Å². The molecule has 0 bridgehead atoms. The first-order chi connectivity index (χ1) is 9.94. The molecule has 0 fully saturated rings. The number of hydrogen-bond donors (Lipinski definition) is 1. The van der Waals surface area contributed by atoms with Crippen molar-refractivity contribution in [1.82, 2.24) is 4.67 Å². The molecule has 0 spiro atoms. The second kappa shape index (κ2) is 10.4. The van der Waals surface area contributed by atoms with Crippen LogP contribution in [0.1, 0.15) is 27.2 Å². The van der Waals surface area contributed by atoms with Gasteiger partial charge in [0.05, 0.1) is 12.8 Å². The molecule has 7 nitrogen and oxygen atoms in total. The van der Waals surface area contributed by atoms with E-state index < -0.39 is 13.6 Å². The Morgan fingerprint density at radius 2 is 2.18 bits per heavy atom. The summed E-state index contributed by atoms with van der Waals surface area (Å²) in [5, 5.41) is 3.80. The first-order valence-corrected chi connectivity index (χ1v) is 9.96. The molecule has 2 atom stereocenters. The highest BCUT2D eigenvalue weighted by molar-refractivity contribution is 7.99. The second-order valence-corrected chi connectivity index (χ2v) is 8.33. The van der Waals surface area contributed by atoms with Gasteiger partial charge in [0.1, 0.15) is 11.9 Å². The molecule has 1 rings (SSSR count). The van der Waals surface area contributed by atoms with E-state index in [0.29, 0.717) is 31.6 Å². The van der Waals surface area contributed by atoms with Gasteiger partial charge in [0.15, 0.2) is 0 Å². The molecule has 1 heterocycles. The Balaban J connectivity index is 0.00000441. The van der Waals surface area contributed by atoms with E-state index in [9.17, 15) is 9.36 Å². The number of hydrogen-bond acceptors (Lipinski definition) is 7. The Morgan fingerprint density at radius 3 is 2.77 bits per heavy atom. The molecule has 130 valence electrons. The van der Waals surface area contributed by atoms with Crippen molar-refractivity contribution in [3.05, 3.63) is 0 Å². The predicted molar refractivity (Wildman–Crippen MR) is 92.8 cm³/mol. The van der Waals surface area contributed by atoms with Gasteiger partial charge in [-0.2, -0.15) is 11.8 Å². The minimum absolute atomic E-state index is 0. The molecule has 0 radical (unpaired) electrons. The van der Waals surface area contributed by atoms with Gasteiger partial charge in [-0.1, -0.05) is 12.1 Å². The number of rotatable bonds is 9. The summed E-state index contributed by atoms with van der Waals surface area (Å²) >= 11 is 1.66. The predicted octanol–water partition coefficient (Wildman–Crippen LogP) is 2.30. The smallest absolute Gasteiger partial charge is 0.366 e. The quantitative estimate of drug-likeness (QED) is 0.376. The van der Waals surface area contributed by atoms with Gasteiger partial charge >= 0.3 is 13.5 Å². The maximum Gasteiger partial charge on any atom is 0.366 e. The zero-order chi connectivity index (χ0) is 15.9. The van der Waals surface area contributed by atoms with Crippen LogP contribution in [0, 0.1) is 0 Å². The molecule has 0 amide bonds. The Morgan fingerprint density at radius 1 is 1.50 bits per heavy atom. The zero-order valence-corrected chi connectivity index (χ0v) is 15.7. The van der Waals surface area contributed by atoms with E-state index in [1.807, 2.05) is 6.92 Å². The van der Waals surface area contributed by atoms with Crippen LogP contribution in [0.15, 0.2) is 5.16 Å². The lowest BCUT2D eigenvalue weighted by molar-refractivity contribution is -0.144. The molecule has 1 unspecified atom stereocenters. The van der Waals surface area contributed by atoms with Crippen LogP contribution in [0.25, 0.3) is 0 Å². The van der Waals surface area contributed by atoms with E-state index in [1.54, 1.807) is 30.3 Å². The minimum Gasteiger partial charge on any atom is -0.465 e. The van der Waals surface area contributed by atoms with E-state index in [4.69, 9.17) is 15.1 Å². The van der Waals surface area contributed by atoms with Crippen LogP contribution >= 0.6 is 31.7 Å². The number of thioether (sulfide) groups is 1. The lowest BCUT2D eigenvalue weighted by Gasteiger charge is -2.22. The zero-order valence-electron chi connectivity index (χ0n) is 13.2. The summed E-state index contributed by atoms with van der Waals surface area (Å²) in [4.78, 5) is 11.3. The maximum atomic E-state index is 12.4. The Bertz CT molecular complexity index is 439. The number of ether oxygens (including phenoxy) is 1. The number of carbonyl (C=O) groups is 1. The highest BCUT2D eigenvalue weighted by Gasteiger charge is 2.37. The Kier molecular flexibility index (Phi) is 10.2. The number of amidine groups is 1. The number of nitrogens with zero attached hydrogens (tertiary/aromatic N) is 2. The van der Waals surface area contributed by atoms with Crippen molar-refractivity contribution in [2.24, 2.45) is 10.9 Å². The molecule has 0 aromatic rings. The van der Waals surface area contributed by atoms with Gasteiger partial charge in [-0.25, -0.2) is 0 Å². The molecular formula is C12H25ClN3O4PS. The summed E-state index contributed by atoms with van der Waals surface area (Å²) in [6.45, 7) is 6.33. The third-order valence-electron chi connectivity index (χ3n) is 3.05. The summed E-state index contributed by atoms with van der Waals surface area (Å²) in [5.74, 6) is 1.82. The van der Waals surface area contributed by atoms with Gasteiger partial charge < -0.3 is 15.1 Å². The first kappa shape index (κ1) is 21.6. The van der Waals surface area contributed by atoms with Crippen molar-refractivity contribution in [3.63, 3.8) is 0 Å². The standard InChI is InChI=1S/C12H24N3O4PS.ClH/c1-4-18-12(16)11(13)6-8-21-9-7-15-10(3)14-19-20(15,17)5-2;/h11H,4-9,13H2,1-3H3;1H/t11-,20?;/m1./s1. The summed E-state index contributed by atoms with van der Waals surface area (Å²) in [6.07, 6.45) is 1.00. The molecule has 22 heavy (non-hydrogen) atoms. The molecule has 10 heteroatoms. The van der Waals surface area contributed by atoms with E-state index in [1.165, 1.54) is 0 Å². The van der Waals surface area contributed by atoms with Gasteiger partial charge in [0, 0.05) is 12.3 Å². The van der Waals surface area contributed by atoms with Crippen LogP contribution in [0.3, 0.4) is 0 Å². The van der Waals surface area contributed by atoms with Gasteiger partial charge in [0.2, 0.25) is 0 Å². The van der Waals surface area contributed by atoms with Crippen molar-refractivity contribution in [2.45, 2.75) is 33.2 Å². The summed E-state index contributed by atoms with van der Waals surface area (Å²) in [5.41, 5.74) is 5.71. The van der Waals surface area contributed by atoms with Crippen molar-refractivity contribution in [2.75, 3.05) is 30.8 Å². The molecular weight excluding hydrogens is 349 g/mol. The summed E-state index contributed by atoms with van der Waals surface area (Å²) in [7, 11) is -2.79. The van der Waals surface area contributed by atoms with Crippen molar-refractivity contribution in [1.29, 1.82) is 0 Å². The molecule has 2 N–H and O–H groups in total. The summed E-state index contributed by atoms with van der Waals surface area (Å²) < 4.78 is 24.0. The van der Waals surface area contributed by atoms with E-state index in [0.717, 1.165) is 11.5 Å². The SMILES string of the molecule is CCOC(=O)[C@H](N)CCSCCN1C(C)=NOP1(=O)CC.Cl. The van der Waals surface area contributed by atoms with Crippen LogP contribution in [0.2, 0.25) is 0 Å². The largest absolute Gasteiger partial charge is 0.465 e. The fourth-order valence-corrected chi connectivity index (χ4v) is 4.55. The van der Waals surface area contributed by atoms with Crippen molar-refractivity contribution >= 4 is 43.5 Å².